The van der Waals surface area contributed by atoms with Gasteiger partial charge in [0.15, 0.2) is 0 Å². The second-order valence-corrected chi connectivity index (χ2v) is 7.38. The number of anilines is 1. The maximum absolute atomic E-state index is 11.9. The van der Waals surface area contributed by atoms with Gasteiger partial charge in [-0.3, -0.25) is 4.79 Å². The minimum Gasteiger partial charge on any atom is -0.397 e. The first-order chi connectivity index (χ1) is 8.28. The molecule has 0 aliphatic heterocycles. The lowest BCUT2D eigenvalue weighted by Crippen LogP contribution is -2.23. The first kappa shape index (κ1) is 15.2. The third kappa shape index (κ3) is 3.58. The van der Waals surface area contributed by atoms with Crippen molar-refractivity contribution in [3.05, 3.63) is 26.6 Å². The zero-order valence-corrected chi connectivity index (χ0v) is 12.8. The van der Waals surface area contributed by atoms with Crippen molar-refractivity contribution >= 4 is 31.5 Å². The molecule has 0 fully saturated rings. The van der Waals surface area contributed by atoms with E-state index in [1.807, 2.05) is 0 Å². The van der Waals surface area contributed by atoms with Crippen molar-refractivity contribution in [1.82, 2.24) is 4.57 Å². The van der Waals surface area contributed by atoms with Gasteiger partial charge in [0.25, 0.3) is 5.56 Å². The highest BCUT2D eigenvalue weighted by Gasteiger charge is 2.10. The van der Waals surface area contributed by atoms with Crippen LogP contribution in [-0.2, 0) is 16.4 Å². The average Bonchev–Trinajstić information content (AvgIpc) is 2.33. The fourth-order valence-electron chi connectivity index (χ4n) is 1.50. The molecule has 0 saturated carbocycles. The summed E-state index contributed by atoms with van der Waals surface area (Å²) in [6, 6.07) is 0. The van der Waals surface area contributed by atoms with E-state index in [9.17, 15) is 13.2 Å². The van der Waals surface area contributed by atoms with Gasteiger partial charge in [-0.25, -0.2) is 8.42 Å². The summed E-state index contributed by atoms with van der Waals surface area (Å²) in [5, 5.41) is 0. The van der Waals surface area contributed by atoms with Gasteiger partial charge >= 0.3 is 0 Å². The van der Waals surface area contributed by atoms with Crippen LogP contribution >= 0.6 is 15.9 Å². The molecule has 1 aromatic heterocycles. The zero-order valence-electron chi connectivity index (χ0n) is 10.4. The van der Waals surface area contributed by atoms with Crippen molar-refractivity contribution in [2.24, 2.45) is 0 Å². The van der Waals surface area contributed by atoms with Gasteiger partial charge in [-0.1, -0.05) is 6.92 Å². The van der Waals surface area contributed by atoms with Gasteiger partial charge < -0.3 is 10.3 Å². The van der Waals surface area contributed by atoms with E-state index in [2.05, 4.69) is 15.9 Å². The van der Waals surface area contributed by atoms with Crippen molar-refractivity contribution in [2.75, 3.05) is 17.2 Å². The number of halogens is 1. The molecule has 18 heavy (non-hydrogen) atoms. The zero-order chi connectivity index (χ0) is 13.9. The summed E-state index contributed by atoms with van der Waals surface area (Å²) in [4.78, 5) is 11.9. The number of hydrogen-bond donors (Lipinski definition) is 1. The molecule has 0 amide bonds. The molecule has 7 heteroatoms. The molecule has 0 atom stereocenters. The van der Waals surface area contributed by atoms with Crippen LogP contribution in [0.3, 0.4) is 0 Å². The van der Waals surface area contributed by atoms with Gasteiger partial charge in [0, 0.05) is 18.5 Å². The molecule has 0 unspecified atom stereocenters. The Balaban J connectivity index is 2.85. The number of nitrogens with two attached hydrogens (primary N) is 1. The fourth-order valence-corrected chi connectivity index (χ4v) is 2.82. The summed E-state index contributed by atoms with van der Waals surface area (Å²) in [7, 11) is -2.99. The Kier molecular flexibility index (Phi) is 4.98. The van der Waals surface area contributed by atoms with Crippen molar-refractivity contribution in [2.45, 2.75) is 26.8 Å². The molecule has 0 aromatic carbocycles. The fraction of sp³-hybridized carbons (Fsp3) is 0.545. The molecule has 1 aromatic rings. The molecular formula is C11H17BrN2O3S. The molecule has 5 nitrogen and oxygen atoms in total. The summed E-state index contributed by atoms with van der Waals surface area (Å²) in [5.41, 5.74) is 6.80. The Hall–Kier alpha value is -0.820. The van der Waals surface area contributed by atoms with Crippen LogP contribution in [0.2, 0.25) is 0 Å². The van der Waals surface area contributed by atoms with Gasteiger partial charge in [0.05, 0.1) is 15.9 Å². The van der Waals surface area contributed by atoms with E-state index in [0.717, 1.165) is 0 Å². The number of aryl methyl sites for hydroxylation is 1. The van der Waals surface area contributed by atoms with Gasteiger partial charge in [-0.2, -0.15) is 0 Å². The average molecular weight is 337 g/mol. The summed E-state index contributed by atoms with van der Waals surface area (Å²) >= 11 is 3.19. The third-order valence-corrected chi connectivity index (χ3v) is 5.52. The Morgan fingerprint density at radius 3 is 2.61 bits per heavy atom. The smallest absolute Gasteiger partial charge is 0.265 e. The number of rotatable bonds is 5. The number of sulfone groups is 1. The Morgan fingerprint density at radius 2 is 2.06 bits per heavy atom. The summed E-state index contributed by atoms with van der Waals surface area (Å²) in [6.45, 7) is 3.72. The van der Waals surface area contributed by atoms with Crippen molar-refractivity contribution in [3.63, 3.8) is 0 Å². The lowest BCUT2D eigenvalue weighted by Gasteiger charge is -2.10. The van der Waals surface area contributed by atoms with Crippen molar-refractivity contribution in [3.8, 4) is 0 Å². The van der Waals surface area contributed by atoms with Gasteiger partial charge in [-0.05, 0) is 34.8 Å². The van der Waals surface area contributed by atoms with E-state index < -0.39 is 9.84 Å². The minimum atomic E-state index is -2.99. The van der Waals surface area contributed by atoms with Crippen LogP contribution < -0.4 is 11.3 Å². The van der Waals surface area contributed by atoms with E-state index in [0.29, 0.717) is 28.7 Å². The molecule has 0 aliphatic carbocycles. The molecule has 0 radical (unpaired) electrons. The molecule has 2 N–H and O–H groups in total. The Morgan fingerprint density at radius 1 is 1.44 bits per heavy atom. The minimum absolute atomic E-state index is 0.0847. The molecule has 0 bridgehead atoms. The first-order valence-corrected chi connectivity index (χ1v) is 8.25. The predicted molar refractivity (Wildman–Crippen MR) is 76.5 cm³/mol. The van der Waals surface area contributed by atoms with E-state index in [4.69, 9.17) is 5.73 Å². The number of hydrogen-bond acceptors (Lipinski definition) is 4. The summed E-state index contributed by atoms with van der Waals surface area (Å²) in [5.74, 6) is 0.211. The van der Waals surface area contributed by atoms with Gasteiger partial charge in [-0.15, -0.1) is 0 Å². The molecule has 102 valence electrons. The van der Waals surface area contributed by atoms with Gasteiger partial charge in [0.1, 0.15) is 9.84 Å². The number of nitrogens with zero attached hydrogens (tertiary/aromatic N) is 1. The summed E-state index contributed by atoms with van der Waals surface area (Å²) in [6.07, 6.45) is 1.96. The SMILES string of the molecule is CCS(=O)(=O)CCCn1cc(N)c(C)c(Br)c1=O. The second-order valence-electron chi connectivity index (χ2n) is 4.11. The topological polar surface area (TPSA) is 82.2 Å². The van der Waals surface area contributed by atoms with Crippen LogP contribution in [0.1, 0.15) is 18.9 Å². The Labute approximate surface area is 115 Å². The van der Waals surface area contributed by atoms with Crippen LogP contribution in [0.25, 0.3) is 0 Å². The lowest BCUT2D eigenvalue weighted by molar-refractivity contribution is 0.585. The van der Waals surface area contributed by atoms with Crippen LogP contribution in [-0.4, -0.2) is 24.5 Å². The normalized spacial score (nSPS) is 11.7. The number of nitrogen functional groups attached to an aromatic ring is 1. The summed E-state index contributed by atoms with van der Waals surface area (Å²) < 4.78 is 24.6. The highest BCUT2D eigenvalue weighted by molar-refractivity contribution is 9.10. The van der Waals surface area contributed by atoms with Crippen LogP contribution in [0, 0.1) is 6.92 Å². The molecule has 1 rings (SSSR count). The van der Waals surface area contributed by atoms with Crippen LogP contribution in [0.4, 0.5) is 5.69 Å². The maximum Gasteiger partial charge on any atom is 0.265 e. The quantitative estimate of drug-likeness (QED) is 0.879. The molecule has 0 saturated heterocycles. The van der Waals surface area contributed by atoms with Crippen LogP contribution in [0.15, 0.2) is 15.5 Å². The maximum atomic E-state index is 11.9. The molecular weight excluding hydrogens is 320 g/mol. The molecule has 1 heterocycles. The molecule has 0 aliphatic rings. The standard InChI is InChI=1S/C11H17BrN2O3S/c1-3-18(16,17)6-4-5-14-7-9(13)8(2)10(12)11(14)15/h7H,3-6,13H2,1-2H3. The van der Waals surface area contributed by atoms with Crippen LogP contribution in [0.5, 0.6) is 0 Å². The van der Waals surface area contributed by atoms with Gasteiger partial charge in [0.2, 0.25) is 0 Å². The number of aromatic nitrogens is 1. The van der Waals surface area contributed by atoms with Crippen molar-refractivity contribution < 1.29 is 8.42 Å². The van der Waals surface area contributed by atoms with Crippen molar-refractivity contribution in [1.29, 1.82) is 0 Å². The van der Waals surface area contributed by atoms with E-state index in [-0.39, 0.29) is 17.1 Å². The van der Waals surface area contributed by atoms with E-state index >= 15 is 0 Å². The highest BCUT2D eigenvalue weighted by atomic mass is 79.9. The second kappa shape index (κ2) is 5.88. The molecule has 0 spiro atoms. The van der Waals surface area contributed by atoms with E-state index in [1.165, 1.54) is 4.57 Å². The predicted octanol–water partition coefficient (Wildman–Crippen LogP) is 1.33. The first-order valence-electron chi connectivity index (χ1n) is 5.64. The highest BCUT2D eigenvalue weighted by Crippen LogP contribution is 2.17. The van der Waals surface area contributed by atoms with E-state index in [1.54, 1.807) is 20.0 Å². The number of pyridine rings is 1. The lowest BCUT2D eigenvalue weighted by atomic mass is 10.2. The monoisotopic (exact) mass is 336 g/mol. The largest absolute Gasteiger partial charge is 0.397 e. The Bertz CT molecular complexity index is 593. The third-order valence-electron chi connectivity index (χ3n) is 2.80.